The predicted molar refractivity (Wildman–Crippen MR) is 55.7 cm³/mol. The molecule has 0 fully saturated rings. The van der Waals surface area contributed by atoms with E-state index in [0.717, 1.165) is 5.56 Å². The van der Waals surface area contributed by atoms with Crippen LogP contribution in [0.4, 0.5) is 5.82 Å². The SMILES string of the molecule is COC(=O)c1nc2ccc(C)cn2c1N. The van der Waals surface area contributed by atoms with Crippen LogP contribution in [-0.2, 0) is 4.74 Å². The molecular formula is C10H11N3O2. The third-order valence-corrected chi connectivity index (χ3v) is 2.18. The summed E-state index contributed by atoms with van der Waals surface area (Å²) >= 11 is 0. The maximum atomic E-state index is 11.3. The maximum absolute atomic E-state index is 11.3. The molecule has 0 amide bonds. The molecule has 2 rings (SSSR count). The first-order chi connectivity index (χ1) is 7.13. The van der Waals surface area contributed by atoms with Crippen molar-refractivity contribution in [2.75, 3.05) is 12.8 Å². The zero-order valence-corrected chi connectivity index (χ0v) is 8.52. The molecule has 2 aromatic heterocycles. The summed E-state index contributed by atoms with van der Waals surface area (Å²) in [6.07, 6.45) is 1.82. The van der Waals surface area contributed by atoms with E-state index >= 15 is 0 Å². The van der Waals surface area contributed by atoms with Crippen LogP contribution in [0.5, 0.6) is 0 Å². The van der Waals surface area contributed by atoms with E-state index < -0.39 is 5.97 Å². The molecule has 0 aliphatic carbocycles. The molecule has 5 nitrogen and oxygen atoms in total. The van der Waals surface area contributed by atoms with Gasteiger partial charge in [-0.1, -0.05) is 6.07 Å². The monoisotopic (exact) mass is 205 g/mol. The maximum Gasteiger partial charge on any atom is 0.360 e. The van der Waals surface area contributed by atoms with Gasteiger partial charge in [0.05, 0.1) is 7.11 Å². The van der Waals surface area contributed by atoms with Gasteiger partial charge < -0.3 is 10.5 Å². The summed E-state index contributed by atoms with van der Waals surface area (Å²) < 4.78 is 6.25. The Morgan fingerprint density at radius 3 is 2.93 bits per heavy atom. The van der Waals surface area contributed by atoms with Crippen LogP contribution < -0.4 is 5.73 Å². The number of nitrogens with zero attached hydrogens (tertiary/aromatic N) is 2. The first-order valence-corrected chi connectivity index (χ1v) is 4.46. The van der Waals surface area contributed by atoms with Crippen molar-refractivity contribution in [3.63, 3.8) is 0 Å². The number of nitrogen functional groups attached to an aromatic ring is 1. The van der Waals surface area contributed by atoms with Gasteiger partial charge in [0.1, 0.15) is 11.5 Å². The molecule has 0 aliphatic heterocycles. The Balaban J connectivity index is 2.69. The van der Waals surface area contributed by atoms with Gasteiger partial charge in [0.2, 0.25) is 0 Å². The fourth-order valence-electron chi connectivity index (χ4n) is 1.42. The van der Waals surface area contributed by atoms with Gasteiger partial charge in [-0.2, -0.15) is 0 Å². The van der Waals surface area contributed by atoms with Crippen molar-refractivity contribution in [3.05, 3.63) is 29.6 Å². The fourth-order valence-corrected chi connectivity index (χ4v) is 1.42. The Bertz CT molecular complexity index is 531. The first-order valence-electron chi connectivity index (χ1n) is 4.46. The van der Waals surface area contributed by atoms with Crippen LogP contribution in [0.3, 0.4) is 0 Å². The van der Waals surface area contributed by atoms with Crippen LogP contribution in [-0.4, -0.2) is 22.5 Å². The number of rotatable bonds is 1. The minimum atomic E-state index is -0.520. The smallest absolute Gasteiger partial charge is 0.360 e. The van der Waals surface area contributed by atoms with E-state index in [4.69, 9.17) is 5.73 Å². The van der Waals surface area contributed by atoms with Crippen molar-refractivity contribution in [1.29, 1.82) is 0 Å². The van der Waals surface area contributed by atoms with E-state index in [1.165, 1.54) is 7.11 Å². The third kappa shape index (κ3) is 1.41. The van der Waals surface area contributed by atoms with Crippen molar-refractivity contribution >= 4 is 17.4 Å². The average molecular weight is 205 g/mol. The van der Waals surface area contributed by atoms with Gasteiger partial charge >= 0.3 is 5.97 Å². The Kier molecular flexibility index (Phi) is 2.07. The molecular weight excluding hydrogens is 194 g/mol. The molecule has 2 aromatic rings. The lowest BCUT2D eigenvalue weighted by molar-refractivity contribution is 0.0596. The number of ether oxygens (including phenoxy) is 1. The van der Waals surface area contributed by atoms with Crippen LogP contribution in [0.15, 0.2) is 18.3 Å². The van der Waals surface area contributed by atoms with Crippen molar-refractivity contribution in [3.8, 4) is 0 Å². The highest BCUT2D eigenvalue weighted by molar-refractivity contribution is 5.93. The van der Waals surface area contributed by atoms with E-state index in [1.54, 1.807) is 10.5 Å². The Labute approximate surface area is 86.5 Å². The van der Waals surface area contributed by atoms with Gasteiger partial charge in [-0.3, -0.25) is 4.40 Å². The summed E-state index contributed by atoms with van der Waals surface area (Å²) in [6.45, 7) is 1.94. The van der Waals surface area contributed by atoms with E-state index in [2.05, 4.69) is 9.72 Å². The van der Waals surface area contributed by atoms with Crippen LogP contribution in [0.25, 0.3) is 5.65 Å². The number of hydrogen-bond donors (Lipinski definition) is 1. The van der Waals surface area contributed by atoms with Crippen molar-refractivity contribution in [2.45, 2.75) is 6.92 Å². The lowest BCUT2D eigenvalue weighted by Gasteiger charge is -1.98. The highest BCUT2D eigenvalue weighted by atomic mass is 16.5. The topological polar surface area (TPSA) is 69.6 Å². The summed E-state index contributed by atoms with van der Waals surface area (Å²) in [4.78, 5) is 15.4. The van der Waals surface area contributed by atoms with Gasteiger partial charge in [-0.25, -0.2) is 9.78 Å². The lowest BCUT2D eigenvalue weighted by Crippen LogP contribution is -2.05. The zero-order valence-electron chi connectivity index (χ0n) is 8.52. The number of carbonyl (C=O) groups excluding carboxylic acids is 1. The van der Waals surface area contributed by atoms with Gasteiger partial charge in [0, 0.05) is 6.20 Å². The Morgan fingerprint density at radius 2 is 2.27 bits per heavy atom. The molecule has 5 heteroatoms. The van der Waals surface area contributed by atoms with E-state index in [9.17, 15) is 4.79 Å². The van der Waals surface area contributed by atoms with Gasteiger partial charge in [0.15, 0.2) is 5.69 Å². The molecule has 0 aromatic carbocycles. The number of carbonyl (C=O) groups is 1. The van der Waals surface area contributed by atoms with Crippen LogP contribution in [0.2, 0.25) is 0 Å². The highest BCUT2D eigenvalue weighted by Gasteiger charge is 2.16. The number of aromatic nitrogens is 2. The minimum Gasteiger partial charge on any atom is -0.464 e. The number of hydrogen-bond acceptors (Lipinski definition) is 4. The second-order valence-electron chi connectivity index (χ2n) is 3.27. The highest BCUT2D eigenvalue weighted by Crippen LogP contribution is 2.16. The second kappa shape index (κ2) is 3.27. The Hall–Kier alpha value is -2.04. The molecule has 0 radical (unpaired) electrons. The van der Waals surface area contributed by atoms with E-state index in [-0.39, 0.29) is 5.69 Å². The number of esters is 1. The number of fused-ring (bicyclic) bond motifs is 1. The van der Waals surface area contributed by atoms with Gasteiger partial charge in [0.25, 0.3) is 0 Å². The minimum absolute atomic E-state index is 0.156. The molecule has 2 N–H and O–H groups in total. The summed E-state index contributed by atoms with van der Waals surface area (Å²) in [5.41, 5.74) is 7.62. The van der Waals surface area contributed by atoms with Gasteiger partial charge in [-0.15, -0.1) is 0 Å². The molecule has 0 saturated carbocycles. The quantitative estimate of drug-likeness (QED) is 0.705. The number of aryl methyl sites for hydroxylation is 1. The third-order valence-electron chi connectivity index (χ3n) is 2.18. The fraction of sp³-hybridized carbons (Fsp3) is 0.200. The largest absolute Gasteiger partial charge is 0.464 e. The zero-order chi connectivity index (χ0) is 11.0. The summed E-state index contributed by atoms with van der Waals surface area (Å²) in [7, 11) is 1.30. The van der Waals surface area contributed by atoms with Crippen molar-refractivity contribution in [1.82, 2.24) is 9.38 Å². The number of imidazole rings is 1. The molecule has 0 atom stereocenters. The van der Waals surface area contributed by atoms with Crippen LogP contribution in [0.1, 0.15) is 16.1 Å². The first kappa shape index (κ1) is 9.51. The number of nitrogens with two attached hydrogens (primary N) is 1. The second-order valence-corrected chi connectivity index (χ2v) is 3.27. The molecule has 2 heterocycles. The predicted octanol–water partition coefficient (Wildman–Crippen LogP) is 1.01. The molecule has 0 aliphatic rings. The molecule has 0 spiro atoms. The molecule has 15 heavy (non-hydrogen) atoms. The van der Waals surface area contributed by atoms with E-state index in [0.29, 0.717) is 11.5 Å². The standard InChI is InChI=1S/C10H11N3O2/c1-6-3-4-7-12-8(10(14)15-2)9(11)13(7)5-6/h3-5H,11H2,1-2H3. The van der Waals surface area contributed by atoms with Crippen molar-refractivity contribution in [2.24, 2.45) is 0 Å². The van der Waals surface area contributed by atoms with Gasteiger partial charge in [-0.05, 0) is 18.6 Å². The molecule has 0 bridgehead atoms. The normalized spacial score (nSPS) is 10.5. The number of anilines is 1. The molecule has 0 unspecified atom stereocenters. The summed E-state index contributed by atoms with van der Waals surface area (Å²) in [5, 5.41) is 0. The van der Waals surface area contributed by atoms with Crippen molar-refractivity contribution < 1.29 is 9.53 Å². The average Bonchev–Trinajstić information content (AvgIpc) is 2.55. The number of pyridine rings is 1. The van der Waals surface area contributed by atoms with E-state index in [1.807, 2.05) is 19.2 Å². The van der Waals surface area contributed by atoms with Crippen LogP contribution >= 0.6 is 0 Å². The number of methoxy groups -OCH3 is 1. The lowest BCUT2D eigenvalue weighted by atomic mass is 10.3. The van der Waals surface area contributed by atoms with Crippen LogP contribution in [0, 0.1) is 6.92 Å². The molecule has 78 valence electrons. The summed E-state index contributed by atoms with van der Waals surface area (Å²) in [6, 6.07) is 3.71. The summed E-state index contributed by atoms with van der Waals surface area (Å²) in [5.74, 6) is -0.214. The Morgan fingerprint density at radius 1 is 1.53 bits per heavy atom. The molecule has 0 saturated heterocycles.